The molecule has 0 saturated carbocycles. The van der Waals surface area contributed by atoms with E-state index in [2.05, 4.69) is 51.3 Å². The van der Waals surface area contributed by atoms with E-state index in [9.17, 15) is 4.79 Å². The first kappa shape index (κ1) is 17.6. The van der Waals surface area contributed by atoms with Crippen LogP contribution in [0.15, 0.2) is 82.4 Å². The van der Waals surface area contributed by atoms with Crippen LogP contribution in [0.1, 0.15) is 16.7 Å². The molecule has 5 heteroatoms. The Labute approximate surface area is 168 Å². The number of aromatic amines is 1. The molecule has 5 rings (SSSR count). The third-order valence-corrected chi connectivity index (χ3v) is 5.37. The van der Waals surface area contributed by atoms with Crippen LogP contribution >= 0.6 is 0 Å². The Bertz CT molecular complexity index is 1190. The summed E-state index contributed by atoms with van der Waals surface area (Å²) in [4.78, 5) is 22.1. The summed E-state index contributed by atoms with van der Waals surface area (Å²) in [5.74, 6) is 0.569. The summed E-state index contributed by atoms with van der Waals surface area (Å²) in [5.41, 5.74) is 6.20. The van der Waals surface area contributed by atoms with Gasteiger partial charge in [0.2, 0.25) is 0 Å². The van der Waals surface area contributed by atoms with E-state index in [1.807, 2.05) is 12.1 Å². The van der Waals surface area contributed by atoms with Crippen molar-refractivity contribution in [2.24, 2.45) is 0 Å². The fourth-order valence-corrected chi connectivity index (χ4v) is 3.92. The topological polar surface area (TPSA) is 62.1 Å². The number of nitrogens with zero attached hydrogens (tertiary/aromatic N) is 2. The molecule has 144 valence electrons. The lowest BCUT2D eigenvalue weighted by molar-refractivity contribution is 0.245. The summed E-state index contributed by atoms with van der Waals surface area (Å²) in [6.45, 7) is 2.88. The van der Waals surface area contributed by atoms with Gasteiger partial charge in [-0.05, 0) is 35.2 Å². The van der Waals surface area contributed by atoms with E-state index in [1.54, 1.807) is 18.6 Å². The van der Waals surface area contributed by atoms with Crippen LogP contribution in [-0.4, -0.2) is 21.4 Å². The Morgan fingerprint density at radius 1 is 1.00 bits per heavy atom. The summed E-state index contributed by atoms with van der Waals surface area (Å²) in [5, 5.41) is 0. The number of benzene rings is 2. The Morgan fingerprint density at radius 3 is 2.76 bits per heavy atom. The first-order chi connectivity index (χ1) is 14.2. The van der Waals surface area contributed by atoms with Gasteiger partial charge < -0.3 is 9.40 Å². The summed E-state index contributed by atoms with van der Waals surface area (Å²) < 4.78 is 5.13. The van der Waals surface area contributed by atoms with Gasteiger partial charge in [0, 0.05) is 36.8 Å². The summed E-state index contributed by atoms with van der Waals surface area (Å²) >= 11 is 0. The molecule has 0 radical (unpaired) electrons. The second kappa shape index (κ2) is 7.53. The van der Waals surface area contributed by atoms with Gasteiger partial charge in [-0.2, -0.15) is 0 Å². The molecule has 1 aliphatic heterocycles. The molecule has 5 nitrogen and oxygen atoms in total. The van der Waals surface area contributed by atoms with Crippen molar-refractivity contribution in [2.45, 2.75) is 19.5 Å². The average Bonchev–Trinajstić information content (AvgIpc) is 3.28. The van der Waals surface area contributed by atoms with Crippen molar-refractivity contribution < 1.29 is 4.42 Å². The number of nitrogens with one attached hydrogen (secondary N) is 1. The van der Waals surface area contributed by atoms with Crippen LogP contribution in [0.2, 0.25) is 0 Å². The van der Waals surface area contributed by atoms with Crippen LogP contribution in [0.4, 0.5) is 0 Å². The van der Waals surface area contributed by atoms with Crippen LogP contribution < -0.4 is 5.56 Å². The number of rotatable bonds is 4. The molecule has 0 bridgehead atoms. The van der Waals surface area contributed by atoms with Crippen molar-refractivity contribution in [3.63, 3.8) is 0 Å². The van der Waals surface area contributed by atoms with Gasteiger partial charge in [0.25, 0.3) is 5.56 Å². The van der Waals surface area contributed by atoms with Crippen molar-refractivity contribution in [3.05, 3.63) is 100 Å². The van der Waals surface area contributed by atoms with Crippen molar-refractivity contribution in [2.75, 3.05) is 6.54 Å². The number of fused-ring (bicyclic) bond motifs is 1. The average molecular weight is 383 g/mol. The number of H-pyrrole nitrogens is 1. The minimum absolute atomic E-state index is 0.177. The molecule has 2 aromatic heterocycles. The summed E-state index contributed by atoms with van der Waals surface area (Å²) in [6, 6.07) is 20.2. The molecule has 0 aliphatic carbocycles. The molecule has 0 spiro atoms. The number of hydrogen-bond acceptors (Lipinski definition) is 4. The molecular weight excluding hydrogens is 362 g/mol. The third-order valence-electron chi connectivity index (χ3n) is 5.37. The zero-order valence-corrected chi connectivity index (χ0v) is 16.0. The van der Waals surface area contributed by atoms with E-state index < -0.39 is 0 Å². The predicted molar refractivity (Wildman–Crippen MR) is 112 cm³/mol. The van der Waals surface area contributed by atoms with E-state index in [4.69, 9.17) is 4.42 Å². The highest BCUT2D eigenvalue weighted by Gasteiger charge is 2.16. The Morgan fingerprint density at radius 2 is 1.90 bits per heavy atom. The van der Waals surface area contributed by atoms with Crippen LogP contribution in [0.25, 0.3) is 22.6 Å². The Balaban J connectivity index is 1.40. The van der Waals surface area contributed by atoms with Crippen molar-refractivity contribution in [1.82, 2.24) is 14.9 Å². The van der Waals surface area contributed by atoms with Crippen LogP contribution in [0.3, 0.4) is 0 Å². The van der Waals surface area contributed by atoms with Crippen molar-refractivity contribution in [3.8, 4) is 22.6 Å². The second-order valence-electron chi connectivity index (χ2n) is 7.42. The van der Waals surface area contributed by atoms with E-state index in [1.165, 1.54) is 22.8 Å². The normalized spacial score (nSPS) is 13.9. The Hall–Kier alpha value is -3.44. The third kappa shape index (κ3) is 3.77. The highest BCUT2D eigenvalue weighted by molar-refractivity contribution is 5.62. The predicted octanol–water partition coefficient (Wildman–Crippen LogP) is 4.26. The number of aromatic nitrogens is 2. The lowest BCUT2D eigenvalue weighted by atomic mass is 9.99. The summed E-state index contributed by atoms with van der Waals surface area (Å²) in [7, 11) is 0. The molecule has 0 saturated heterocycles. The number of hydrogen-bond donors (Lipinski definition) is 1. The van der Waals surface area contributed by atoms with E-state index >= 15 is 0 Å². The van der Waals surface area contributed by atoms with Crippen LogP contribution in [0, 0.1) is 0 Å². The molecule has 0 fully saturated rings. The van der Waals surface area contributed by atoms with Gasteiger partial charge in [-0.15, -0.1) is 0 Å². The minimum atomic E-state index is -0.177. The zero-order chi connectivity index (χ0) is 19.6. The quantitative estimate of drug-likeness (QED) is 0.572. The van der Waals surface area contributed by atoms with Crippen LogP contribution in [0.5, 0.6) is 0 Å². The van der Waals surface area contributed by atoms with E-state index in [0.29, 0.717) is 11.5 Å². The molecule has 2 aromatic carbocycles. The van der Waals surface area contributed by atoms with Gasteiger partial charge in [-0.25, -0.2) is 4.98 Å². The largest absolute Gasteiger partial charge is 0.472 e. The minimum Gasteiger partial charge on any atom is -0.472 e. The van der Waals surface area contributed by atoms with Gasteiger partial charge in [0.15, 0.2) is 0 Å². The first-order valence-corrected chi connectivity index (χ1v) is 9.77. The molecule has 4 aromatic rings. The molecule has 1 aliphatic rings. The fraction of sp³-hybridized carbons (Fsp3) is 0.167. The molecule has 3 heterocycles. The highest BCUT2D eigenvalue weighted by Crippen LogP contribution is 2.23. The summed E-state index contributed by atoms with van der Waals surface area (Å²) in [6.07, 6.45) is 4.25. The molecule has 0 unspecified atom stereocenters. The smallest absolute Gasteiger partial charge is 0.251 e. The molecule has 29 heavy (non-hydrogen) atoms. The zero-order valence-electron chi connectivity index (χ0n) is 16.0. The van der Waals surface area contributed by atoms with Gasteiger partial charge in [0.1, 0.15) is 5.82 Å². The van der Waals surface area contributed by atoms with Gasteiger partial charge >= 0.3 is 0 Å². The number of furan rings is 1. The molecule has 0 amide bonds. The second-order valence-corrected chi connectivity index (χ2v) is 7.42. The fourth-order valence-electron chi connectivity index (χ4n) is 3.92. The van der Waals surface area contributed by atoms with E-state index in [0.717, 1.165) is 37.2 Å². The first-order valence-electron chi connectivity index (χ1n) is 9.77. The SMILES string of the molecule is O=c1cc(-c2ccoc2)nc(-c2cccc(CN3CCc4ccccc4C3)c2)[nH]1. The monoisotopic (exact) mass is 383 g/mol. The lowest BCUT2D eigenvalue weighted by Crippen LogP contribution is -2.29. The molecule has 1 N–H and O–H groups in total. The van der Waals surface area contributed by atoms with Crippen LogP contribution in [-0.2, 0) is 19.5 Å². The molecule has 0 atom stereocenters. The van der Waals surface area contributed by atoms with Crippen molar-refractivity contribution >= 4 is 0 Å². The Kier molecular flexibility index (Phi) is 4.58. The van der Waals surface area contributed by atoms with Gasteiger partial charge in [0.05, 0.1) is 18.2 Å². The molecular formula is C24H21N3O2. The highest BCUT2D eigenvalue weighted by atomic mass is 16.3. The van der Waals surface area contributed by atoms with E-state index in [-0.39, 0.29) is 5.56 Å². The van der Waals surface area contributed by atoms with Gasteiger partial charge in [-0.3, -0.25) is 9.69 Å². The van der Waals surface area contributed by atoms with Crippen molar-refractivity contribution in [1.29, 1.82) is 0 Å². The maximum absolute atomic E-state index is 12.2. The van der Waals surface area contributed by atoms with Gasteiger partial charge in [-0.1, -0.05) is 42.5 Å². The standard InChI is InChI=1S/C24H21N3O2/c28-23-13-22(21-9-11-29-16-21)25-24(26-23)19-7-3-4-17(12-19)14-27-10-8-18-5-1-2-6-20(18)15-27/h1-7,9,11-13,16H,8,10,14-15H2,(H,25,26,28). The maximum Gasteiger partial charge on any atom is 0.251 e. The lowest BCUT2D eigenvalue weighted by Gasteiger charge is -2.28. The maximum atomic E-state index is 12.2.